The molecule has 2 heterocycles. The molecule has 0 aliphatic carbocycles. The number of nitrogens with one attached hydrogen (secondary N) is 1. The zero-order chi connectivity index (χ0) is 19.4. The largest absolute Gasteiger partial charge is 0.378 e. The van der Waals surface area contributed by atoms with E-state index >= 15 is 0 Å². The van der Waals surface area contributed by atoms with Crippen molar-refractivity contribution >= 4 is 22.9 Å². The highest BCUT2D eigenvalue weighted by Gasteiger charge is 2.30. The van der Waals surface area contributed by atoms with E-state index < -0.39 is 0 Å². The highest BCUT2D eigenvalue weighted by Crippen LogP contribution is 2.29. The maximum atomic E-state index is 12.8. The molecule has 0 radical (unpaired) electrons. The molecule has 0 spiro atoms. The number of anilines is 1. The van der Waals surface area contributed by atoms with Gasteiger partial charge in [0.2, 0.25) is 0 Å². The number of likely N-dealkylation sites (N-methyl/N-ethyl adjacent to an activating group) is 1. The van der Waals surface area contributed by atoms with Gasteiger partial charge in [-0.15, -0.1) is 11.3 Å². The fourth-order valence-electron chi connectivity index (χ4n) is 3.58. The van der Waals surface area contributed by atoms with Crippen molar-refractivity contribution in [3.8, 4) is 0 Å². The molecule has 1 fully saturated rings. The van der Waals surface area contributed by atoms with E-state index in [1.165, 1.54) is 4.88 Å². The fraction of sp³-hybridized carbons (Fsp3) is 0.476. The average molecular weight is 387 g/mol. The summed E-state index contributed by atoms with van der Waals surface area (Å²) in [4.78, 5) is 21.0. The molecular formula is C21H30N4OS. The van der Waals surface area contributed by atoms with E-state index in [0.29, 0.717) is 5.56 Å². The van der Waals surface area contributed by atoms with Gasteiger partial charge in [0.25, 0.3) is 5.91 Å². The van der Waals surface area contributed by atoms with Gasteiger partial charge in [-0.1, -0.05) is 6.07 Å². The SMILES string of the molecule is C[C@H](NC(=O)c1ccc(N(C)C)cc1)[C@H](c1cccs1)N1CCN(C)CC1. The summed E-state index contributed by atoms with van der Waals surface area (Å²) < 4.78 is 0. The minimum atomic E-state index is -0.0107. The number of carbonyl (C=O) groups is 1. The minimum Gasteiger partial charge on any atom is -0.378 e. The van der Waals surface area contributed by atoms with Crippen molar-refractivity contribution in [1.29, 1.82) is 0 Å². The summed E-state index contributed by atoms with van der Waals surface area (Å²) in [7, 11) is 6.16. The van der Waals surface area contributed by atoms with Crippen LogP contribution in [0.2, 0.25) is 0 Å². The topological polar surface area (TPSA) is 38.8 Å². The lowest BCUT2D eigenvalue weighted by atomic mass is 10.0. The van der Waals surface area contributed by atoms with Gasteiger partial charge in [0.1, 0.15) is 0 Å². The van der Waals surface area contributed by atoms with Crippen molar-refractivity contribution in [3.05, 3.63) is 52.2 Å². The molecule has 0 bridgehead atoms. The number of nitrogens with zero attached hydrogens (tertiary/aromatic N) is 3. The molecule has 1 aromatic heterocycles. The maximum absolute atomic E-state index is 12.8. The van der Waals surface area contributed by atoms with Gasteiger partial charge in [-0.2, -0.15) is 0 Å². The normalized spacial score (nSPS) is 18.1. The second-order valence-corrected chi connectivity index (χ2v) is 8.48. The standard InChI is InChI=1S/C21H30N4OS/c1-16(22-21(26)17-7-9-18(10-8-17)23(2)3)20(19-6-5-15-27-19)25-13-11-24(4)12-14-25/h5-10,15-16,20H,11-14H2,1-4H3,(H,22,26)/t16-,20+/m0/s1. The number of thiophene rings is 1. The van der Waals surface area contributed by atoms with Gasteiger partial charge in [-0.25, -0.2) is 0 Å². The molecule has 2 atom stereocenters. The van der Waals surface area contributed by atoms with Crippen molar-refractivity contribution in [2.45, 2.75) is 19.0 Å². The number of carbonyl (C=O) groups excluding carboxylic acids is 1. The summed E-state index contributed by atoms with van der Waals surface area (Å²) in [5.41, 5.74) is 1.80. The van der Waals surface area contributed by atoms with Gasteiger partial charge < -0.3 is 15.1 Å². The second kappa shape index (κ2) is 8.87. The molecule has 1 aliphatic rings. The molecule has 1 N–H and O–H groups in total. The van der Waals surface area contributed by atoms with E-state index in [1.807, 2.05) is 43.3 Å². The Hall–Kier alpha value is -1.89. The van der Waals surface area contributed by atoms with Crippen LogP contribution in [0.15, 0.2) is 41.8 Å². The summed E-state index contributed by atoms with van der Waals surface area (Å²) in [6, 6.07) is 12.3. The summed E-state index contributed by atoms with van der Waals surface area (Å²) in [6.07, 6.45) is 0. The summed E-state index contributed by atoms with van der Waals surface area (Å²) in [5, 5.41) is 5.36. The Morgan fingerprint density at radius 2 is 1.78 bits per heavy atom. The average Bonchev–Trinajstić information content (AvgIpc) is 3.17. The number of amides is 1. The number of hydrogen-bond acceptors (Lipinski definition) is 5. The molecule has 0 saturated carbocycles. The van der Waals surface area contributed by atoms with Crippen LogP contribution in [-0.4, -0.2) is 69.1 Å². The lowest BCUT2D eigenvalue weighted by Crippen LogP contribution is -2.51. The Morgan fingerprint density at radius 3 is 2.33 bits per heavy atom. The third kappa shape index (κ3) is 4.89. The van der Waals surface area contributed by atoms with Crippen LogP contribution >= 0.6 is 11.3 Å². The number of hydrogen-bond donors (Lipinski definition) is 1. The number of piperazine rings is 1. The van der Waals surface area contributed by atoms with E-state index in [1.54, 1.807) is 11.3 Å². The fourth-order valence-corrected chi connectivity index (χ4v) is 4.55. The molecule has 146 valence electrons. The Labute approximate surface area is 166 Å². The third-order valence-electron chi connectivity index (χ3n) is 5.24. The van der Waals surface area contributed by atoms with Gasteiger partial charge in [0.05, 0.1) is 6.04 Å². The molecule has 3 rings (SSSR count). The zero-order valence-electron chi connectivity index (χ0n) is 16.7. The molecule has 1 amide bonds. The molecule has 6 heteroatoms. The quantitative estimate of drug-likeness (QED) is 0.829. The van der Waals surface area contributed by atoms with Gasteiger partial charge in [0.15, 0.2) is 0 Å². The van der Waals surface area contributed by atoms with Crippen molar-refractivity contribution in [3.63, 3.8) is 0 Å². The number of benzene rings is 1. The van der Waals surface area contributed by atoms with Crippen molar-refractivity contribution < 1.29 is 4.79 Å². The van der Waals surface area contributed by atoms with Crippen molar-refractivity contribution in [2.75, 3.05) is 52.2 Å². The van der Waals surface area contributed by atoms with Crippen LogP contribution in [-0.2, 0) is 0 Å². The van der Waals surface area contributed by atoms with Crippen molar-refractivity contribution in [1.82, 2.24) is 15.1 Å². The summed E-state index contributed by atoms with van der Waals surface area (Å²) in [6.45, 7) is 6.30. The first-order valence-electron chi connectivity index (χ1n) is 9.50. The summed E-state index contributed by atoms with van der Waals surface area (Å²) >= 11 is 1.77. The molecule has 0 unspecified atom stereocenters. The monoisotopic (exact) mass is 386 g/mol. The second-order valence-electron chi connectivity index (χ2n) is 7.50. The Balaban J connectivity index is 1.72. The maximum Gasteiger partial charge on any atom is 0.251 e. The smallest absolute Gasteiger partial charge is 0.251 e. The van der Waals surface area contributed by atoms with E-state index in [0.717, 1.165) is 31.9 Å². The molecule has 2 aromatic rings. The van der Waals surface area contributed by atoms with Crippen molar-refractivity contribution in [2.24, 2.45) is 0 Å². The molecule has 1 aromatic carbocycles. The Kier molecular flexibility index (Phi) is 6.52. The summed E-state index contributed by atoms with van der Waals surface area (Å²) in [5.74, 6) is -0.0107. The lowest BCUT2D eigenvalue weighted by molar-refractivity contribution is 0.0799. The first-order valence-corrected chi connectivity index (χ1v) is 10.4. The molecule has 5 nitrogen and oxygen atoms in total. The van der Waals surface area contributed by atoms with Crippen LogP contribution in [0.4, 0.5) is 5.69 Å². The molecule has 1 saturated heterocycles. The van der Waals surface area contributed by atoms with Gasteiger partial charge in [-0.05, 0) is 49.7 Å². The predicted octanol–water partition coefficient (Wildman–Crippen LogP) is 2.92. The molecule has 27 heavy (non-hydrogen) atoms. The minimum absolute atomic E-state index is 0.0107. The van der Waals surface area contributed by atoms with Gasteiger partial charge >= 0.3 is 0 Å². The molecular weight excluding hydrogens is 356 g/mol. The first kappa shape index (κ1) is 19.9. The van der Waals surface area contributed by atoms with Crippen LogP contribution in [0.5, 0.6) is 0 Å². The van der Waals surface area contributed by atoms with E-state index in [4.69, 9.17) is 0 Å². The zero-order valence-corrected chi connectivity index (χ0v) is 17.5. The van der Waals surface area contributed by atoms with E-state index in [9.17, 15) is 4.79 Å². The van der Waals surface area contributed by atoms with Crippen LogP contribution in [0.1, 0.15) is 28.2 Å². The predicted molar refractivity (Wildman–Crippen MR) is 114 cm³/mol. The number of rotatable bonds is 6. The highest BCUT2D eigenvalue weighted by molar-refractivity contribution is 7.10. The molecule has 1 aliphatic heterocycles. The van der Waals surface area contributed by atoms with Crippen LogP contribution in [0, 0.1) is 0 Å². The van der Waals surface area contributed by atoms with Crippen LogP contribution in [0.3, 0.4) is 0 Å². The van der Waals surface area contributed by atoms with Gasteiger partial charge in [0, 0.05) is 62.4 Å². The highest BCUT2D eigenvalue weighted by atomic mass is 32.1. The lowest BCUT2D eigenvalue weighted by Gasteiger charge is -2.40. The first-order chi connectivity index (χ1) is 13.0. The van der Waals surface area contributed by atoms with Crippen LogP contribution < -0.4 is 10.2 Å². The Bertz CT molecular complexity index is 721. The Morgan fingerprint density at radius 1 is 1.11 bits per heavy atom. The van der Waals surface area contributed by atoms with Crippen LogP contribution in [0.25, 0.3) is 0 Å². The van der Waals surface area contributed by atoms with Gasteiger partial charge in [-0.3, -0.25) is 9.69 Å². The van der Waals surface area contributed by atoms with E-state index in [-0.39, 0.29) is 18.0 Å². The van der Waals surface area contributed by atoms with E-state index in [2.05, 4.69) is 46.6 Å². The third-order valence-corrected chi connectivity index (χ3v) is 6.19.